The first kappa shape index (κ1) is 19.3. The zero-order valence-corrected chi connectivity index (χ0v) is 12.6. The quantitative estimate of drug-likeness (QED) is 0.341. The van der Waals surface area contributed by atoms with Crippen molar-refractivity contribution in [3.05, 3.63) is 40.0 Å². The second-order valence-corrected chi connectivity index (χ2v) is 5.15. The predicted octanol–water partition coefficient (Wildman–Crippen LogP) is 4.36. The second kappa shape index (κ2) is 5.78. The van der Waals surface area contributed by atoms with E-state index >= 15 is 0 Å². The fourth-order valence-electron chi connectivity index (χ4n) is 2.56. The monoisotopic (exact) mass is 385 g/mol. The topological polar surface area (TPSA) is 95.7 Å². The second-order valence-electron chi connectivity index (χ2n) is 5.15. The van der Waals surface area contributed by atoms with Crippen LogP contribution in [0, 0.1) is 10.1 Å². The summed E-state index contributed by atoms with van der Waals surface area (Å²) in [6, 6.07) is 0.147. The largest absolute Gasteiger partial charge is 0.465 e. The molecule has 1 aromatic carbocycles. The molecule has 1 aliphatic heterocycles. The Morgan fingerprint density at radius 1 is 1.31 bits per heavy atom. The highest BCUT2D eigenvalue weighted by atomic mass is 19.4. The SMILES string of the molecule is CC=CC1(C(F)(F)F)Nc2c(cc(C(F)(F)F)cc2[N+](=O)[O-])N1C(=O)O. The maximum atomic E-state index is 13.6. The third kappa shape index (κ3) is 2.78. The summed E-state index contributed by atoms with van der Waals surface area (Å²) >= 11 is 0. The lowest BCUT2D eigenvalue weighted by Crippen LogP contribution is -2.61. The molecule has 0 saturated carbocycles. The van der Waals surface area contributed by atoms with E-state index in [4.69, 9.17) is 0 Å². The van der Waals surface area contributed by atoms with Gasteiger partial charge in [0.2, 0.25) is 5.66 Å². The maximum Gasteiger partial charge on any atom is 0.434 e. The minimum absolute atomic E-state index is 0.0357. The lowest BCUT2D eigenvalue weighted by molar-refractivity contribution is -0.384. The third-order valence-electron chi connectivity index (χ3n) is 3.56. The van der Waals surface area contributed by atoms with Crippen LogP contribution in [0.5, 0.6) is 0 Å². The number of hydrogen-bond donors (Lipinski definition) is 2. The van der Waals surface area contributed by atoms with Crippen LogP contribution in [0.1, 0.15) is 12.5 Å². The van der Waals surface area contributed by atoms with Crippen molar-refractivity contribution in [1.29, 1.82) is 0 Å². The Hall–Kier alpha value is -2.99. The number of hydrogen-bond acceptors (Lipinski definition) is 4. The van der Waals surface area contributed by atoms with Crippen molar-refractivity contribution in [2.45, 2.75) is 24.9 Å². The van der Waals surface area contributed by atoms with Crippen LogP contribution in [-0.2, 0) is 6.18 Å². The number of nitrogens with zero attached hydrogens (tertiary/aromatic N) is 2. The minimum atomic E-state index is -5.34. The van der Waals surface area contributed by atoms with Crippen molar-refractivity contribution < 1.29 is 41.2 Å². The predicted molar refractivity (Wildman–Crippen MR) is 75.8 cm³/mol. The molecule has 1 heterocycles. The molecule has 0 saturated heterocycles. The van der Waals surface area contributed by atoms with Crippen molar-refractivity contribution in [3.63, 3.8) is 0 Å². The first-order valence-electron chi connectivity index (χ1n) is 6.68. The molecule has 26 heavy (non-hydrogen) atoms. The highest BCUT2D eigenvalue weighted by Crippen LogP contribution is 2.53. The number of nitrogens with one attached hydrogen (secondary N) is 1. The summed E-state index contributed by atoms with van der Waals surface area (Å²) in [5.74, 6) is 0. The molecule has 2 rings (SSSR count). The van der Waals surface area contributed by atoms with Crippen molar-refractivity contribution in [2.75, 3.05) is 10.2 Å². The van der Waals surface area contributed by atoms with E-state index in [0.29, 0.717) is 6.08 Å². The molecule has 142 valence electrons. The van der Waals surface area contributed by atoms with Crippen LogP contribution in [-0.4, -0.2) is 28.0 Å². The Kier molecular flexibility index (Phi) is 4.30. The van der Waals surface area contributed by atoms with Gasteiger partial charge in [0, 0.05) is 6.07 Å². The van der Waals surface area contributed by atoms with E-state index in [1.807, 2.05) is 0 Å². The van der Waals surface area contributed by atoms with Crippen molar-refractivity contribution in [1.82, 2.24) is 0 Å². The number of amides is 1. The van der Waals surface area contributed by atoms with Crippen LogP contribution in [0.3, 0.4) is 0 Å². The number of alkyl halides is 6. The first-order valence-corrected chi connectivity index (χ1v) is 6.68. The molecule has 1 amide bonds. The van der Waals surface area contributed by atoms with Gasteiger partial charge in [-0.1, -0.05) is 6.08 Å². The first-order chi connectivity index (χ1) is 11.8. The molecule has 0 bridgehead atoms. The third-order valence-corrected chi connectivity index (χ3v) is 3.56. The van der Waals surface area contributed by atoms with Gasteiger partial charge in [0.25, 0.3) is 5.69 Å². The highest BCUT2D eigenvalue weighted by molar-refractivity contribution is 6.01. The van der Waals surface area contributed by atoms with Crippen molar-refractivity contribution in [3.8, 4) is 0 Å². The number of nitro groups is 1. The van der Waals surface area contributed by atoms with Gasteiger partial charge in [-0.15, -0.1) is 0 Å². The molecule has 2 N–H and O–H groups in total. The number of fused-ring (bicyclic) bond motifs is 1. The molecule has 0 aromatic heterocycles. The van der Waals surface area contributed by atoms with Crippen LogP contribution in [0.2, 0.25) is 0 Å². The lowest BCUT2D eigenvalue weighted by atomic mass is 10.1. The summed E-state index contributed by atoms with van der Waals surface area (Å²) in [7, 11) is 0. The summed E-state index contributed by atoms with van der Waals surface area (Å²) in [5.41, 5.74) is -8.60. The summed E-state index contributed by atoms with van der Waals surface area (Å²) in [6.45, 7) is 1.12. The molecule has 1 unspecified atom stereocenters. The van der Waals surface area contributed by atoms with Gasteiger partial charge in [-0.3, -0.25) is 10.1 Å². The van der Waals surface area contributed by atoms with Crippen molar-refractivity contribution >= 4 is 23.2 Å². The maximum absolute atomic E-state index is 13.6. The Bertz CT molecular complexity index is 804. The van der Waals surface area contributed by atoms with Gasteiger partial charge in [0.1, 0.15) is 5.69 Å². The van der Waals surface area contributed by atoms with E-state index in [2.05, 4.69) is 0 Å². The van der Waals surface area contributed by atoms with Crippen LogP contribution in [0.4, 0.5) is 48.2 Å². The van der Waals surface area contributed by atoms with Gasteiger partial charge in [0.05, 0.1) is 16.2 Å². The Morgan fingerprint density at radius 3 is 2.27 bits per heavy atom. The molecule has 1 aliphatic rings. The molecule has 0 spiro atoms. The zero-order valence-electron chi connectivity index (χ0n) is 12.6. The van der Waals surface area contributed by atoms with Gasteiger partial charge in [0.15, 0.2) is 0 Å². The summed E-state index contributed by atoms with van der Waals surface area (Å²) < 4.78 is 79.8. The molecule has 7 nitrogen and oxygen atoms in total. The highest BCUT2D eigenvalue weighted by Gasteiger charge is 2.64. The smallest absolute Gasteiger partial charge is 0.434 e. The number of allylic oxidation sites excluding steroid dienone is 1. The van der Waals surface area contributed by atoms with E-state index in [1.165, 1.54) is 0 Å². The van der Waals surface area contributed by atoms with Gasteiger partial charge < -0.3 is 10.4 Å². The Balaban J connectivity index is 2.90. The van der Waals surface area contributed by atoms with E-state index in [-0.39, 0.29) is 12.1 Å². The zero-order chi connectivity index (χ0) is 20.1. The summed E-state index contributed by atoms with van der Waals surface area (Å²) in [5, 5.41) is 22.0. The van der Waals surface area contributed by atoms with E-state index in [9.17, 15) is 46.4 Å². The number of nitro benzene ring substituents is 1. The van der Waals surface area contributed by atoms with E-state index < -0.39 is 56.6 Å². The number of rotatable bonds is 2. The van der Waals surface area contributed by atoms with Crippen LogP contribution in [0.15, 0.2) is 24.3 Å². The fourth-order valence-corrected chi connectivity index (χ4v) is 2.56. The molecule has 1 atom stereocenters. The molecule has 0 radical (unpaired) electrons. The van der Waals surface area contributed by atoms with Crippen molar-refractivity contribution in [2.24, 2.45) is 0 Å². The molecule has 0 fully saturated rings. The van der Waals surface area contributed by atoms with Gasteiger partial charge in [-0.2, -0.15) is 26.3 Å². The molecular formula is C13H9F6N3O4. The molecule has 13 heteroatoms. The number of halogens is 6. The van der Waals surface area contributed by atoms with E-state index in [1.54, 1.807) is 5.32 Å². The number of carboxylic acid groups (broad SMARTS) is 1. The number of anilines is 2. The Labute approximate surface area is 140 Å². The lowest BCUT2D eigenvalue weighted by Gasteiger charge is -2.35. The average Bonchev–Trinajstić information content (AvgIpc) is 2.80. The molecular weight excluding hydrogens is 376 g/mol. The van der Waals surface area contributed by atoms with Gasteiger partial charge in [-0.25, -0.2) is 9.69 Å². The van der Waals surface area contributed by atoms with Gasteiger partial charge in [-0.05, 0) is 19.1 Å². The van der Waals surface area contributed by atoms with Gasteiger partial charge >= 0.3 is 18.4 Å². The normalized spacial score (nSPS) is 20.2. The van der Waals surface area contributed by atoms with Crippen LogP contribution >= 0.6 is 0 Å². The Morgan fingerprint density at radius 2 is 1.88 bits per heavy atom. The number of benzene rings is 1. The summed E-state index contributed by atoms with van der Waals surface area (Å²) in [6.07, 6.45) is -11.6. The number of carbonyl (C=O) groups is 1. The van der Waals surface area contributed by atoms with E-state index in [0.717, 1.165) is 13.0 Å². The summed E-state index contributed by atoms with van der Waals surface area (Å²) in [4.78, 5) is 20.8. The fraction of sp³-hybridized carbons (Fsp3) is 0.308. The molecule has 1 aromatic rings. The average molecular weight is 385 g/mol. The minimum Gasteiger partial charge on any atom is -0.465 e. The van der Waals surface area contributed by atoms with Crippen LogP contribution in [0.25, 0.3) is 0 Å². The standard InChI is InChI=1S/C13H9F6N3O4/c1-2-3-11(13(17,18)19)20-9-7(21(11)10(23)24)4-6(12(14,15)16)5-8(9)22(25)26/h2-5,20H,1H3,(H,23,24). The van der Waals surface area contributed by atoms with Crippen LogP contribution < -0.4 is 10.2 Å². The molecule has 0 aliphatic carbocycles.